The minimum Gasteiger partial charge on any atom is -0.309 e. The fourth-order valence-corrected chi connectivity index (χ4v) is 7.96. The Balaban J connectivity index is 1.36. The fourth-order valence-electron chi connectivity index (χ4n) is 7.96. The predicted octanol–water partition coefficient (Wildman–Crippen LogP) is 10.8. The fraction of sp³-hybridized carbons (Fsp3) is 0.0233. The van der Waals surface area contributed by atoms with Gasteiger partial charge in [0.15, 0.2) is 0 Å². The zero-order chi connectivity index (χ0) is 32.3. The van der Waals surface area contributed by atoms with Crippen LogP contribution in [0.1, 0.15) is 27.7 Å². The lowest BCUT2D eigenvalue weighted by Gasteiger charge is -2.30. The Bertz CT molecular complexity index is 2600. The maximum absolute atomic E-state index is 9.35. The summed E-state index contributed by atoms with van der Waals surface area (Å²) in [4.78, 5) is 0. The Labute approximate surface area is 261 Å². The Morgan fingerprint density at radius 1 is 0.409 bits per heavy atom. The van der Waals surface area contributed by atoms with Gasteiger partial charge in [0.05, 0.1) is 21.9 Å². The summed E-state index contributed by atoms with van der Waals surface area (Å²) in [5.74, 6) is 0. The third kappa shape index (κ3) is 2.94. The molecule has 0 radical (unpaired) electrons. The van der Waals surface area contributed by atoms with Gasteiger partial charge in [0.2, 0.25) is 0 Å². The van der Waals surface area contributed by atoms with Crippen molar-refractivity contribution in [3.05, 3.63) is 186 Å². The van der Waals surface area contributed by atoms with E-state index in [2.05, 4.69) is 91.0 Å². The Hall–Kier alpha value is -5.66. The Morgan fingerprint density at radius 3 is 1.61 bits per heavy atom. The lowest BCUT2D eigenvalue weighted by atomic mass is 9.70. The van der Waals surface area contributed by atoms with E-state index in [1.165, 1.54) is 38.9 Å². The van der Waals surface area contributed by atoms with Crippen molar-refractivity contribution in [3.63, 3.8) is 0 Å². The number of aromatic nitrogens is 1. The minimum absolute atomic E-state index is 0.0492. The average Bonchev–Trinajstić information content (AvgIpc) is 3.72. The molecule has 44 heavy (non-hydrogen) atoms. The van der Waals surface area contributed by atoms with Crippen LogP contribution in [0, 0.1) is 0 Å². The minimum atomic E-state index is -0.541. The molecule has 0 atom stereocenters. The molecule has 2 aliphatic rings. The van der Waals surface area contributed by atoms with E-state index in [-0.39, 0.29) is 29.9 Å². The largest absolute Gasteiger partial charge is 0.309 e. The van der Waals surface area contributed by atoms with E-state index < -0.39 is 5.41 Å². The molecule has 1 spiro atoms. The first-order valence-electron chi connectivity index (χ1n) is 17.0. The maximum atomic E-state index is 9.35. The molecule has 7 aromatic carbocycles. The van der Waals surface area contributed by atoms with E-state index in [9.17, 15) is 2.74 Å². The van der Waals surface area contributed by atoms with Crippen LogP contribution in [0.3, 0.4) is 0 Å². The lowest BCUT2D eigenvalue weighted by molar-refractivity contribution is 0.794. The molecule has 204 valence electrons. The van der Waals surface area contributed by atoms with Crippen LogP contribution in [0.2, 0.25) is 0 Å². The van der Waals surface area contributed by atoms with Crippen molar-refractivity contribution in [1.82, 2.24) is 4.57 Å². The second-order valence-corrected chi connectivity index (χ2v) is 11.7. The van der Waals surface area contributed by atoms with Gasteiger partial charge in [-0.2, -0.15) is 0 Å². The van der Waals surface area contributed by atoms with Crippen LogP contribution in [0.25, 0.3) is 60.9 Å². The number of rotatable bonds is 2. The van der Waals surface area contributed by atoms with E-state index >= 15 is 0 Å². The van der Waals surface area contributed by atoms with Crippen LogP contribution in [-0.4, -0.2) is 4.57 Å². The van der Waals surface area contributed by atoms with E-state index in [0.29, 0.717) is 11.1 Å². The van der Waals surface area contributed by atoms with Crippen LogP contribution in [0.4, 0.5) is 0 Å². The van der Waals surface area contributed by atoms with Crippen LogP contribution in [0.15, 0.2) is 164 Å². The van der Waals surface area contributed by atoms with Gasteiger partial charge in [0, 0.05) is 16.5 Å². The average molecular weight is 562 g/mol. The Kier molecular flexibility index (Phi) is 4.00. The second-order valence-electron chi connectivity index (χ2n) is 11.7. The van der Waals surface area contributed by atoms with Crippen LogP contribution in [-0.2, 0) is 5.41 Å². The highest BCUT2D eigenvalue weighted by Gasteiger charge is 2.51. The van der Waals surface area contributed by atoms with Gasteiger partial charge in [-0.25, -0.2) is 0 Å². The van der Waals surface area contributed by atoms with Crippen LogP contribution < -0.4 is 0 Å². The zero-order valence-electron chi connectivity index (χ0n) is 27.7. The van der Waals surface area contributed by atoms with Crippen molar-refractivity contribution in [2.75, 3.05) is 0 Å². The number of nitrogens with zero attached hydrogens (tertiary/aromatic N) is 1. The van der Waals surface area contributed by atoms with Crippen LogP contribution in [0.5, 0.6) is 0 Å². The smallest absolute Gasteiger partial charge is 0.0726 e. The molecule has 10 rings (SSSR count). The molecule has 0 fully saturated rings. The van der Waals surface area contributed by atoms with Crippen molar-refractivity contribution in [2.45, 2.75) is 5.41 Å². The number of benzene rings is 7. The highest BCUT2D eigenvalue weighted by molar-refractivity contribution is 6.12. The van der Waals surface area contributed by atoms with Gasteiger partial charge < -0.3 is 4.57 Å². The standard InChI is InChI=1S/C43H27N/c1-2-12-28(13-3-1)29-22-24-30(25-23-29)44-41-21-11-7-17-34(41)36-26-35-33-16-6-10-20-39(33)43(40(35)27-42(36)44)37-18-8-4-14-31(37)32-15-5-9-19-38(32)43/h1-27H/i22D,23D,24D,25D. The summed E-state index contributed by atoms with van der Waals surface area (Å²) in [7, 11) is 0. The first-order valence-corrected chi connectivity index (χ1v) is 15.0. The number of para-hydroxylation sites is 1. The van der Waals surface area contributed by atoms with Gasteiger partial charge in [-0.1, -0.05) is 133 Å². The summed E-state index contributed by atoms with van der Waals surface area (Å²) in [6.07, 6.45) is 0. The summed E-state index contributed by atoms with van der Waals surface area (Å²) >= 11 is 0. The molecule has 0 saturated heterocycles. The summed E-state index contributed by atoms with van der Waals surface area (Å²) in [6, 6.07) is 47.8. The van der Waals surface area contributed by atoms with Gasteiger partial charge >= 0.3 is 0 Å². The third-order valence-corrected chi connectivity index (χ3v) is 9.69. The molecule has 1 heterocycles. The molecular formula is C43H27N. The summed E-state index contributed by atoms with van der Waals surface area (Å²) in [6.45, 7) is 0. The monoisotopic (exact) mass is 561 g/mol. The lowest BCUT2D eigenvalue weighted by Crippen LogP contribution is -2.25. The molecule has 8 aromatic rings. The first kappa shape index (κ1) is 20.3. The molecule has 0 unspecified atom stereocenters. The van der Waals surface area contributed by atoms with Crippen molar-refractivity contribution in [1.29, 1.82) is 0 Å². The molecule has 1 heteroatoms. The highest BCUT2D eigenvalue weighted by Crippen LogP contribution is 2.63. The molecular weight excluding hydrogens is 530 g/mol. The maximum Gasteiger partial charge on any atom is 0.0726 e. The number of hydrogen-bond donors (Lipinski definition) is 0. The summed E-state index contributed by atoms with van der Waals surface area (Å²) in [5, 5.41) is 2.02. The number of fused-ring (bicyclic) bond motifs is 13. The normalized spacial score (nSPS) is 14.9. The van der Waals surface area contributed by atoms with Crippen LogP contribution >= 0.6 is 0 Å². The van der Waals surface area contributed by atoms with E-state index in [0.717, 1.165) is 27.4 Å². The molecule has 0 bridgehead atoms. The molecule has 1 nitrogen and oxygen atoms in total. The van der Waals surface area contributed by atoms with Gasteiger partial charge in [0.1, 0.15) is 0 Å². The second kappa shape index (κ2) is 8.69. The van der Waals surface area contributed by atoms with Crippen molar-refractivity contribution in [3.8, 4) is 39.1 Å². The predicted molar refractivity (Wildman–Crippen MR) is 183 cm³/mol. The van der Waals surface area contributed by atoms with Gasteiger partial charge in [-0.05, 0) is 85.9 Å². The van der Waals surface area contributed by atoms with Gasteiger partial charge in [-0.3, -0.25) is 0 Å². The van der Waals surface area contributed by atoms with E-state index in [4.69, 9.17) is 2.74 Å². The van der Waals surface area contributed by atoms with Crippen molar-refractivity contribution < 1.29 is 5.48 Å². The van der Waals surface area contributed by atoms with E-state index in [1.807, 2.05) is 53.1 Å². The first-order chi connectivity index (χ1) is 23.5. The topological polar surface area (TPSA) is 4.93 Å². The van der Waals surface area contributed by atoms with Gasteiger partial charge in [0.25, 0.3) is 0 Å². The quantitative estimate of drug-likeness (QED) is 0.198. The third-order valence-electron chi connectivity index (χ3n) is 9.69. The van der Waals surface area contributed by atoms with E-state index in [1.54, 1.807) is 0 Å². The molecule has 2 aliphatic carbocycles. The Morgan fingerprint density at radius 2 is 0.955 bits per heavy atom. The zero-order valence-corrected chi connectivity index (χ0v) is 23.7. The van der Waals surface area contributed by atoms with Crippen molar-refractivity contribution in [2.24, 2.45) is 0 Å². The molecule has 0 N–H and O–H groups in total. The summed E-state index contributed by atoms with van der Waals surface area (Å²) in [5.41, 5.74) is 12.1. The number of hydrogen-bond acceptors (Lipinski definition) is 0. The molecule has 0 aliphatic heterocycles. The molecule has 0 saturated carbocycles. The SMILES string of the molecule is [2H]c1c([2H])c(-n2c3ccccc3c3cc4c(cc32)C2(c3ccccc3-c3ccccc32)c2ccccc2-4)c([2H])c([2H])c1-c1ccccc1. The summed E-state index contributed by atoms with van der Waals surface area (Å²) < 4.78 is 38.9. The van der Waals surface area contributed by atoms with Crippen molar-refractivity contribution >= 4 is 21.8 Å². The van der Waals surface area contributed by atoms with Gasteiger partial charge in [-0.15, -0.1) is 0 Å². The highest BCUT2D eigenvalue weighted by atomic mass is 15.0. The molecule has 1 aromatic heterocycles. The molecule has 0 amide bonds.